The fourth-order valence-electron chi connectivity index (χ4n) is 3.36. The first-order valence-corrected chi connectivity index (χ1v) is 9.45. The zero-order chi connectivity index (χ0) is 18.9. The Morgan fingerprint density at radius 1 is 1.50 bits per heavy atom. The molecule has 3 rings (SSSR count). The maximum absolute atomic E-state index is 13.3. The first-order valence-electron chi connectivity index (χ1n) is 8.22. The highest BCUT2D eigenvalue weighted by atomic mass is 32.2. The summed E-state index contributed by atoms with van der Waals surface area (Å²) < 4.78 is 13.3. The number of aliphatic hydroxyl groups is 1. The quantitative estimate of drug-likeness (QED) is 0.546. The van der Waals surface area contributed by atoms with Crippen molar-refractivity contribution < 1.29 is 14.3 Å². The van der Waals surface area contributed by atoms with Crippen molar-refractivity contribution in [2.75, 3.05) is 6.26 Å². The number of hydrogen-bond acceptors (Lipinski definition) is 5. The van der Waals surface area contributed by atoms with E-state index in [0.717, 1.165) is 5.56 Å². The minimum Gasteiger partial charge on any atom is -0.389 e. The summed E-state index contributed by atoms with van der Waals surface area (Å²) in [5.41, 5.74) is 0.0878. The second kappa shape index (κ2) is 7.20. The van der Waals surface area contributed by atoms with Crippen LogP contribution in [0.3, 0.4) is 0 Å². The Morgan fingerprint density at radius 3 is 2.88 bits per heavy atom. The molecule has 1 fully saturated rings. The summed E-state index contributed by atoms with van der Waals surface area (Å²) in [7, 11) is 0. The van der Waals surface area contributed by atoms with Crippen LogP contribution < -0.4 is 11.0 Å². The number of H-pyrrole nitrogens is 1. The van der Waals surface area contributed by atoms with Crippen LogP contribution in [-0.2, 0) is 6.42 Å². The molecule has 1 heterocycles. The van der Waals surface area contributed by atoms with Gasteiger partial charge in [-0.15, -0.1) is 11.8 Å². The molecule has 1 aliphatic carbocycles. The molecule has 138 valence electrons. The van der Waals surface area contributed by atoms with Crippen LogP contribution in [0.1, 0.15) is 34.5 Å². The van der Waals surface area contributed by atoms with E-state index in [0.29, 0.717) is 35.5 Å². The summed E-state index contributed by atoms with van der Waals surface area (Å²) in [6.07, 6.45) is 2.87. The first kappa shape index (κ1) is 18.6. The van der Waals surface area contributed by atoms with Gasteiger partial charge >= 0.3 is 5.69 Å². The van der Waals surface area contributed by atoms with E-state index in [2.05, 4.69) is 15.3 Å². The third-order valence-corrected chi connectivity index (χ3v) is 5.20. The SMILES string of the molecule is CSc1nc(=O)[nH]c(C)c1C(=O)NC1CC(O)(Cc2cccc(F)c2)C1. The lowest BCUT2D eigenvalue weighted by molar-refractivity contribution is -0.0527. The standard InChI is InChI=1S/C18H20FN3O3S/c1-10-14(16(26-2)22-17(24)20-10)15(23)21-13-8-18(25,9-13)7-11-4-3-5-12(19)6-11/h3-6,13,25H,7-9H2,1-2H3,(H,21,23)(H,20,22,24). The van der Waals surface area contributed by atoms with Crippen LogP contribution in [0.2, 0.25) is 0 Å². The van der Waals surface area contributed by atoms with Crippen LogP contribution in [-0.4, -0.2) is 38.9 Å². The van der Waals surface area contributed by atoms with Crippen molar-refractivity contribution in [3.8, 4) is 0 Å². The number of aromatic amines is 1. The van der Waals surface area contributed by atoms with E-state index in [4.69, 9.17) is 0 Å². The minimum atomic E-state index is -0.952. The van der Waals surface area contributed by atoms with Crippen molar-refractivity contribution in [2.24, 2.45) is 0 Å². The summed E-state index contributed by atoms with van der Waals surface area (Å²) in [6, 6.07) is 5.97. The molecule has 2 aromatic rings. The van der Waals surface area contributed by atoms with E-state index in [-0.39, 0.29) is 17.8 Å². The van der Waals surface area contributed by atoms with E-state index < -0.39 is 11.3 Å². The summed E-state index contributed by atoms with van der Waals surface area (Å²) in [4.78, 5) is 30.4. The first-order chi connectivity index (χ1) is 12.3. The van der Waals surface area contributed by atoms with Crippen molar-refractivity contribution in [2.45, 2.75) is 42.9 Å². The van der Waals surface area contributed by atoms with E-state index in [1.807, 2.05) is 0 Å². The zero-order valence-electron chi connectivity index (χ0n) is 14.5. The van der Waals surface area contributed by atoms with Crippen molar-refractivity contribution in [3.63, 3.8) is 0 Å². The molecule has 1 aromatic heterocycles. The Morgan fingerprint density at radius 2 is 2.23 bits per heavy atom. The summed E-state index contributed by atoms with van der Waals surface area (Å²) in [5.74, 6) is -0.658. The van der Waals surface area contributed by atoms with Gasteiger partial charge in [0.1, 0.15) is 10.8 Å². The topological polar surface area (TPSA) is 95.1 Å². The average Bonchev–Trinajstić information content (AvgIpc) is 2.52. The Bertz CT molecular complexity index is 893. The van der Waals surface area contributed by atoms with Gasteiger partial charge in [0.25, 0.3) is 5.91 Å². The van der Waals surface area contributed by atoms with Crippen LogP contribution in [0, 0.1) is 12.7 Å². The number of carbonyl (C=O) groups excluding carboxylic acids is 1. The van der Waals surface area contributed by atoms with Crippen LogP contribution in [0.4, 0.5) is 4.39 Å². The van der Waals surface area contributed by atoms with Gasteiger partial charge < -0.3 is 15.4 Å². The van der Waals surface area contributed by atoms with Gasteiger partial charge in [0.15, 0.2) is 0 Å². The second-order valence-electron chi connectivity index (χ2n) is 6.66. The third-order valence-electron chi connectivity index (χ3n) is 4.52. The van der Waals surface area contributed by atoms with E-state index in [1.54, 1.807) is 25.3 Å². The number of aryl methyl sites for hydroxylation is 1. The highest BCUT2D eigenvalue weighted by Crippen LogP contribution is 2.35. The van der Waals surface area contributed by atoms with Gasteiger partial charge in [-0.3, -0.25) is 4.79 Å². The normalized spacial score (nSPS) is 21.9. The summed E-state index contributed by atoms with van der Waals surface area (Å²) >= 11 is 1.23. The zero-order valence-corrected chi connectivity index (χ0v) is 15.3. The highest BCUT2D eigenvalue weighted by molar-refractivity contribution is 7.98. The van der Waals surface area contributed by atoms with Gasteiger partial charge in [0.2, 0.25) is 0 Å². The van der Waals surface area contributed by atoms with Gasteiger partial charge in [0.05, 0.1) is 11.2 Å². The number of benzene rings is 1. The number of amides is 1. The Balaban J connectivity index is 1.64. The fraction of sp³-hybridized carbons (Fsp3) is 0.389. The van der Waals surface area contributed by atoms with Crippen LogP contribution in [0.15, 0.2) is 34.1 Å². The molecule has 6 nitrogen and oxygen atoms in total. The Kier molecular flexibility index (Phi) is 5.15. The molecule has 0 aliphatic heterocycles. The molecule has 1 aromatic carbocycles. The van der Waals surface area contributed by atoms with E-state index in [9.17, 15) is 19.1 Å². The maximum atomic E-state index is 13.3. The Labute approximate surface area is 154 Å². The molecular formula is C18H20FN3O3S. The molecule has 8 heteroatoms. The molecular weight excluding hydrogens is 357 g/mol. The van der Waals surface area contributed by atoms with Crippen LogP contribution >= 0.6 is 11.8 Å². The monoisotopic (exact) mass is 377 g/mol. The van der Waals surface area contributed by atoms with Gasteiger partial charge in [0, 0.05) is 18.2 Å². The number of aromatic nitrogens is 2. The number of hydrogen-bond donors (Lipinski definition) is 3. The minimum absolute atomic E-state index is 0.179. The molecule has 1 aliphatic rings. The summed E-state index contributed by atoms with van der Waals surface area (Å²) in [6.45, 7) is 1.65. The van der Waals surface area contributed by atoms with Gasteiger partial charge in [-0.1, -0.05) is 12.1 Å². The molecule has 26 heavy (non-hydrogen) atoms. The highest BCUT2D eigenvalue weighted by Gasteiger charge is 2.43. The van der Waals surface area contributed by atoms with Crippen molar-refractivity contribution >= 4 is 17.7 Å². The number of carbonyl (C=O) groups is 1. The van der Waals surface area contributed by atoms with Crippen molar-refractivity contribution in [3.05, 3.63) is 57.4 Å². The molecule has 1 saturated carbocycles. The molecule has 0 bridgehead atoms. The lowest BCUT2D eigenvalue weighted by Crippen LogP contribution is -2.56. The van der Waals surface area contributed by atoms with E-state index >= 15 is 0 Å². The largest absolute Gasteiger partial charge is 0.389 e. The Hall–Kier alpha value is -2.19. The number of nitrogens with one attached hydrogen (secondary N) is 2. The van der Waals surface area contributed by atoms with Crippen molar-refractivity contribution in [1.82, 2.24) is 15.3 Å². The number of halogens is 1. The van der Waals surface area contributed by atoms with Crippen LogP contribution in [0.25, 0.3) is 0 Å². The predicted octanol–water partition coefficient (Wildman–Crippen LogP) is 1.81. The maximum Gasteiger partial charge on any atom is 0.346 e. The lowest BCUT2D eigenvalue weighted by atomic mass is 9.72. The fourth-order valence-corrected chi connectivity index (χ4v) is 3.99. The van der Waals surface area contributed by atoms with Gasteiger partial charge in [-0.05, 0) is 43.7 Å². The van der Waals surface area contributed by atoms with Crippen molar-refractivity contribution in [1.29, 1.82) is 0 Å². The molecule has 0 atom stereocenters. The number of thioether (sulfide) groups is 1. The molecule has 0 radical (unpaired) electrons. The second-order valence-corrected chi connectivity index (χ2v) is 7.46. The molecule has 1 amide bonds. The molecule has 0 saturated heterocycles. The van der Waals surface area contributed by atoms with E-state index in [1.165, 1.54) is 23.9 Å². The van der Waals surface area contributed by atoms with Crippen LogP contribution in [0.5, 0.6) is 0 Å². The third kappa shape index (κ3) is 3.96. The number of nitrogens with zero attached hydrogens (tertiary/aromatic N) is 1. The van der Waals surface area contributed by atoms with Gasteiger partial charge in [-0.25, -0.2) is 9.18 Å². The lowest BCUT2D eigenvalue weighted by Gasteiger charge is -2.44. The molecule has 3 N–H and O–H groups in total. The average molecular weight is 377 g/mol. The molecule has 0 unspecified atom stereocenters. The smallest absolute Gasteiger partial charge is 0.346 e. The predicted molar refractivity (Wildman–Crippen MR) is 96.9 cm³/mol. The molecule has 0 spiro atoms. The van der Waals surface area contributed by atoms with Gasteiger partial charge in [-0.2, -0.15) is 4.98 Å². The number of rotatable bonds is 5. The summed E-state index contributed by atoms with van der Waals surface area (Å²) in [5, 5.41) is 13.8.